The summed E-state index contributed by atoms with van der Waals surface area (Å²) in [4.78, 5) is 0. The molecule has 0 bridgehead atoms. The lowest BCUT2D eigenvalue weighted by Crippen LogP contribution is -2.20. The number of anilines is 2. The van der Waals surface area contributed by atoms with E-state index in [2.05, 4.69) is 10.6 Å². The van der Waals surface area contributed by atoms with Gasteiger partial charge >= 0.3 is 6.18 Å². The Morgan fingerprint density at radius 3 is 1.92 bits per heavy atom. The van der Waals surface area contributed by atoms with Gasteiger partial charge in [0.2, 0.25) is 0 Å². The van der Waals surface area contributed by atoms with Crippen molar-refractivity contribution in [1.29, 1.82) is 10.5 Å². The molecule has 2 rings (SSSR count). The highest BCUT2D eigenvalue weighted by Gasteiger charge is 2.33. The molecule has 0 radical (unpaired) electrons. The number of nitriles is 2. The van der Waals surface area contributed by atoms with E-state index in [9.17, 15) is 17.6 Å². The minimum atomic E-state index is -4.69. The van der Waals surface area contributed by atoms with Crippen molar-refractivity contribution in [2.75, 3.05) is 10.6 Å². The molecule has 0 amide bonds. The molecule has 9 heteroatoms. The van der Waals surface area contributed by atoms with Crippen LogP contribution in [0.25, 0.3) is 0 Å². The first kappa shape index (κ1) is 18.2. The Balaban J connectivity index is 2.17. The summed E-state index contributed by atoms with van der Waals surface area (Å²) in [5.41, 5.74) is -1.51. The minimum absolute atomic E-state index is 0.0120. The van der Waals surface area contributed by atoms with Crippen LogP contribution in [0.5, 0.6) is 0 Å². The van der Waals surface area contributed by atoms with Crippen LogP contribution in [0.2, 0.25) is 0 Å². The SMILES string of the molecule is N#Cc1ccc(NC(=S)Nc2ccc(C#N)c(C(F)(F)F)c2)cc1F. The monoisotopic (exact) mass is 364 g/mol. The topological polar surface area (TPSA) is 71.6 Å². The van der Waals surface area contributed by atoms with Crippen molar-refractivity contribution in [3.05, 3.63) is 58.9 Å². The Morgan fingerprint density at radius 2 is 1.44 bits per heavy atom. The lowest BCUT2D eigenvalue weighted by Gasteiger charge is -2.14. The van der Waals surface area contributed by atoms with E-state index in [0.717, 1.165) is 18.2 Å². The van der Waals surface area contributed by atoms with Crippen LogP contribution in [0.15, 0.2) is 36.4 Å². The van der Waals surface area contributed by atoms with Crippen molar-refractivity contribution in [1.82, 2.24) is 0 Å². The molecule has 2 N–H and O–H groups in total. The van der Waals surface area contributed by atoms with E-state index in [1.807, 2.05) is 0 Å². The average molecular weight is 364 g/mol. The third-order valence-electron chi connectivity index (χ3n) is 3.05. The molecule has 0 heterocycles. The fraction of sp³-hybridized carbons (Fsp3) is 0.0625. The number of rotatable bonds is 2. The van der Waals surface area contributed by atoms with Gasteiger partial charge in [0.25, 0.3) is 0 Å². The molecule has 0 aliphatic heterocycles. The van der Waals surface area contributed by atoms with E-state index in [0.29, 0.717) is 0 Å². The first-order chi connectivity index (χ1) is 11.7. The number of nitrogens with one attached hydrogen (secondary N) is 2. The molecule has 2 aromatic carbocycles. The van der Waals surface area contributed by atoms with Gasteiger partial charge in [0.05, 0.1) is 22.8 Å². The molecule has 2 aromatic rings. The van der Waals surface area contributed by atoms with Gasteiger partial charge in [-0.1, -0.05) is 0 Å². The van der Waals surface area contributed by atoms with Crippen LogP contribution < -0.4 is 10.6 Å². The molecule has 0 spiro atoms. The number of hydrogen-bond donors (Lipinski definition) is 2. The van der Waals surface area contributed by atoms with Crippen molar-refractivity contribution in [2.45, 2.75) is 6.18 Å². The molecule has 0 atom stereocenters. The summed E-state index contributed by atoms with van der Waals surface area (Å²) in [7, 11) is 0. The Hall–Kier alpha value is -3.17. The lowest BCUT2D eigenvalue weighted by molar-refractivity contribution is -0.137. The number of nitrogens with zero attached hydrogens (tertiary/aromatic N) is 2. The van der Waals surface area contributed by atoms with Gasteiger partial charge in [-0.05, 0) is 48.6 Å². The van der Waals surface area contributed by atoms with E-state index in [-0.39, 0.29) is 22.1 Å². The molecule has 0 saturated heterocycles. The summed E-state index contributed by atoms with van der Waals surface area (Å²) in [6.45, 7) is 0. The summed E-state index contributed by atoms with van der Waals surface area (Å²) >= 11 is 4.96. The number of alkyl halides is 3. The van der Waals surface area contributed by atoms with Crippen LogP contribution in [0, 0.1) is 28.5 Å². The van der Waals surface area contributed by atoms with Gasteiger partial charge in [-0.15, -0.1) is 0 Å². The second kappa shape index (κ2) is 7.16. The molecule has 0 unspecified atom stereocenters. The Kier molecular flexibility index (Phi) is 5.20. The van der Waals surface area contributed by atoms with Crippen molar-refractivity contribution < 1.29 is 17.6 Å². The molecule has 0 aromatic heterocycles. The highest BCUT2D eigenvalue weighted by atomic mass is 32.1. The first-order valence-electron chi connectivity index (χ1n) is 6.63. The van der Waals surface area contributed by atoms with Crippen molar-refractivity contribution in [3.8, 4) is 12.1 Å². The third-order valence-corrected chi connectivity index (χ3v) is 3.25. The standard InChI is InChI=1S/C16H8F4N4S/c17-14-6-12(4-2-10(14)8-22)24-15(25)23-11-3-1-9(7-21)13(5-11)16(18,19)20/h1-6H,(H2,23,24,25). The van der Waals surface area contributed by atoms with Gasteiger partial charge in [0.1, 0.15) is 11.9 Å². The molecule has 126 valence electrons. The lowest BCUT2D eigenvalue weighted by atomic mass is 10.1. The maximum absolute atomic E-state index is 13.5. The predicted octanol–water partition coefficient (Wildman–Crippen LogP) is 4.40. The van der Waals surface area contributed by atoms with Crippen LogP contribution in [-0.2, 0) is 6.18 Å². The minimum Gasteiger partial charge on any atom is -0.332 e. The highest BCUT2D eigenvalue weighted by molar-refractivity contribution is 7.80. The van der Waals surface area contributed by atoms with Crippen LogP contribution in [0.4, 0.5) is 28.9 Å². The first-order valence-corrected chi connectivity index (χ1v) is 7.04. The van der Waals surface area contributed by atoms with E-state index < -0.39 is 23.1 Å². The van der Waals surface area contributed by atoms with Crippen LogP contribution in [0.1, 0.15) is 16.7 Å². The molecule has 0 saturated carbocycles. The maximum Gasteiger partial charge on any atom is 0.417 e. The smallest absolute Gasteiger partial charge is 0.332 e. The second-order valence-corrected chi connectivity index (χ2v) is 5.16. The summed E-state index contributed by atoms with van der Waals surface area (Å²) in [6, 6.07) is 9.85. The van der Waals surface area contributed by atoms with Crippen molar-refractivity contribution in [2.24, 2.45) is 0 Å². The molecule has 25 heavy (non-hydrogen) atoms. The largest absolute Gasteiger partial charge is 0.417 e. The number of thiocarbonyl (C=S) groups is 1. The number of hydrogen-bond acceptors (Lipinski definition) is 3. The normalized spacial score (nSPS) is 10.5. The van der Waals surface area contributed by atoms with Crippen molar-refractivity contribution in [3.63, 3.8) is 0 Å². The van der Waals surface area contributed by atoms with Crippen LogP contribution in [0.3, 0.4) is 0 Å². The molecular weight excluding hydrogens is 356 g/mol. The summed E-state index contributed by atoms with van der Waals surface area (Å²) in [6.07, 6.45) is -4.69. The highest BCUT2D eigenvalue weighted by Crippen LogP contribution is 2.33. The van der Waals surface area contributed by atoms with Crippen LogP contribution in [-0.4, -0.2) is 5.11 Å². The molecule has 0 fully saturated rings. The summed E-state index contributed by atoms with van der Waals surface area (Å²) in [5, 5.41) is 22.4. The summed E-state index contributed by atoms with van der Waals surface area (Å²) in [5.74, 6) is -0.756. The van der Waals surface area contributed by atoms with Crippen molar-refractivity contribution >= 4 is 28.7 Å². The van der Waals surface area contributed by atoms with E-state index >= 15 is 0 Å². The predicted molar refractivity (Wildman–Crippen MR) is 87.1 cm³/mol. The van der Waals surface area contributed by atoms with E-state index in [1.165, 1.54) is 24.3 Å². The maximum atomic E-state index is 13.5. The fourth-order valence-corrected chi connectivity index (χ4v) is 2.17. The molecule has 0 aliphatic carbocycles. The van der Waals surface area contributed by atoms with Gasteiger partial charge in [0, 0.05) is 11.4 Å². The quantitative estimate of drug-likeness (QED) is 0.611. The number of benzene rings is 2. The molecule has 0 aliphatic rings. The Labute approximate surface area is 145 Å². The van der Waals surface area contributed by atoms with Gasteiger partial charge in [0.15, 0.2) is 5.11 Å². The summed E-state index contributed by atoms with van der Waals surface area (Å²) < 4.78 is 52.3. The molecule has 4 nitrogen and oxygen atoms in total. The zero-order valence-corrected chi connectivity index (χ0v) is 13.1. The Morgan fingerprint density at radius 1 is 0.920 bits per heavy atom. The van der Waals surface area contributed by atoms with Crippen LogP contribution >= 0.6 is 12.2 Å². The van der Waals surface area contributed by atoms with Gasteiger partial charge in [-0.2, -0.15) is 23.7 Å². The van der Waals surface area contributed by atoms with Gasteiger partial charge in [-0.25, -0.2) is 4.39 Å². The van der Waals surface area contributed by atoms with E-state index in [1.54, 1.807) is 6.07 Å². The zero-order valence-electron chi connectivity index (χ0n) is 12.3. The number of halogens is 4. The zero-order chi connectivity index (χ0) is 18.6. The Bertz CT molecular complexity index is 910. The van der Waals surface area contributed by atoms with E-state index in [4.69, 9.17) is 22.7 Å². The second-order valence-electron chi connectivity index (χ2n) is 4.76. The third kappa shape index (κ3) is 4.43. The van der Waals surface area contributed by atoms with Gasteiger partial charge in [-0.3, -0.25) is 0 Å². The fourth-order valence-electron chi connectivity index (χ4n) is 1.93. The average Bonchev–Trinajstić information content (AvgIpc) is 2.54. The van der Waals surface area contributed by atoms with Gasteiger partial charge < -0.3 is 10.6 Å². The molecular formula is C16H8F4N4S.